The maximum absolute atomic E-state index is 12.2. The normalized spacial score (nSPS) is 21.6. The zero-order valence-electron chi connectivity index (χ0n) is 11.6. The van der Waals surface area contributed by atoms with Gasteiger partial charge in [0.25, 0.3) is 5.91 Å². The highest BCUT2D eigenvalue weighted by molar-refractivity contribution is 6.38. The van der Waals surface area contributed by atoms with Crippen molar-refractivity contribution in [3.63, 3.8) is 0 Å². The number of carbonyl (C=O) groups is 3. The van der Waals surface area contributed by atoms with Gasteiger partial charge in [0.05, 0.1) is 11.8 Å². The fraction of sp³-hybridized carbons (Fsp3) is 0.400. The lowest BCUT2D eigenvalue weighted by Gasteiger charge is -2.16. The molecule has 0 spiro atoms. The molecule has 0 saturated carbocycles. The minimum atomic E-state index is -0.636. The first-order valence-corrected chi connectivity index (χ1v) is 6.68. The molecule has 5 nitrogen and oxygen atoms in total. The molecule has 20 heavy (non-hydrogen) atoms. The number of hydrogen-bond donors (Lipinski definition) is 2. The van der Waals surface area contributed by atoms with Gasteiger partial charge in [-0.25, -0.2) is 0 Å². The second-order valence-corrected chi connectivity index (χ2v) is 5.23. The van der Waals surface area contributed by atoms with Crippen LogP contribution in [0.4, 0.5) is 0 Å². The molecule has 1 aromatic carbocycles. The van der Waals surface area contributed by atoms with Crippen LogP contribution in [0.25, 0.3) is 0 Å². The SMILES string of the molecule is CC(C)NC(=O)C(=O)[C@H]1CNC(=O)[C@@H]1c1ccccc1. The van der Waals surface area contributed by atoms with Crippen molar-refractivity contribution in [1.82, 2.24) is 10.6 Å². The molecule has 0 aliphatic carbocycles. The zero-order chi connectivity index (χ0) is 14.7. The molecule has 1 aromatic rings. The van der Waals surface area contributed by atoms with Crippen molar-refractivity contribution in [3.8, 4) is 0 Å². The lowest BCUT2D eigenvalue weighted by molar-refractivity contribution is -0.140. The smallest absolute Gasteiger partial charge is 0.287 e. The summed E-state index contributed by atoms with van der Waals surface area (Å²) in [6.45, 7) is 3.79. The highest BCUT2D eigenvalue weighted by Crippen LogP contribution is 2.29. The molecule has 0 aromatic heterocycles. The molecule has 2 N–H and O–H groups in total. The van der Waals surface area contributed by atoms with Crippen LogP contribution >= 0.6 is 0 Å². The quantitative estimate of drug-likeness (QED) is 0.790. The Morgan fingerprint density at radius 1 is 1.25 bits per heavy atom. The Morgan fingerprint density at radius 3 is 2.50 bits per heavy atom. The van der Waals surface area contributed by atoms with Gasteiger partial charge in [-0.05, 0) is 19.4 Å². The fourth-order valence-electron chi connectivity index (χ4n) is 2.41. The van der Waals surface area contributed by atoms with Gasteiger partial charge >= 0.3 is 0 Å². The molecule has 1 heterocycles. The van der Waals surface area contributed by atoms with Gasteiger partial charge in [-0.2, -0.15) is 0 Å². The van der Waals surface area contributed by atoms with Crippen molar-refractivity contribution in [2.75, 3.05) is 6.54 Å². The Labute approximate surface area is 117 Å². The van der Waals surface area contributed by atoms with Crippen LogP contribution < -0.4 is 10.6 Å². The van der Waals surface area contributed by atoms with Crippen LogP contribution in [0.15, 0.2) is 30.3 Å². The van der Waals surface area contributed by atoms with E-state index >= 15 is 0 Å². The molecule has 0 unspecified atom stereocenters. The summed E-state index contributed by atoms with van der Waals surface area (Å²) in [5.74, 6) is -2.58. The van der Waals surface area contributed by atoms with Gasteiger partial charge in [-0.15, -0.1) is 0 Å². The van der Waals surface area contributed by atoms with Gasteiger partial charge in [-0.1, -0.05) is 30.3 Å². The summed E-state index contributed by atoms with van der Waals surface area (Å²) in [6.07, 6.45) is 0. The van der Waals surface area contributed by atoms with E-state index in [0.717, 1.165) is 5.56 Å². The Morgan fingerprint density at radius 2 is 1.90 bits per heavy atom. The fourth-order valence-corrected chi connectivity index (χ4v) is 2.41. The number of amides is 2. The van der Waals surface area contributed by atoms with Crippen molar-refractivity contribution in [2.24, 2.45) is 5.92 Å². The van der Waals surface area contributed by atoms with Gasteiger partial charge in [0, 0.05) is 12.6 Å². The first-order chi connectivity index (χ1) is 9.50. The van der Waals surface area contributed by atoms with Gasteiger partial charge in [-0.3, -0.25) is 14.4 Å². The lowest BCUT2D eigenvalue weighted by Crippen LogP contribution is -2.41. The third-order valence-electron chi connectivity index (χ3n) is 3.32. The molecule has 106 valence electrons. The monoisotopic (exact) mass is 274 g/mol. The molecule has 2 rings (SSSR count). The van der Waals surface area contributed by atoms with Crippen LogP contribution in [-0.2, 0) is 14.4 Å². The number of benzene rings is 1. The summed E-state index contributed by atoms with van der Waals surface area (Å²) in [6, 6.07) is 8.98. The van der Waals surface area contributed by atoms with E-state index in [1.165, 1.54) is 0 Å². The lowest BCUT2D eigenvalue weighted by atomic mass is 9.85. The number of nitrogens with one attached hydrogen (secondary N) is 2. The van der Waals surface area contributed by atoms with E-state index in [9.17, 15) is 14.4 Å². The van der Waals surface area contributed by atoms with Crippen molar-refractivity contribution >= 4 is 17.6 Å². The van der Waals surface area contributed by atoms with Crippen LogP contribution in [-0.4, -0.2) is 30.2 Å². The van der Waals surface area contributed by atoms with Crippen molar-refractivity contribution < 1.29 is 14.4 Å². The second kappa shape index (κ2) is 5.86. The largest absolute Gasteiger partial charge is 0.355 e. The minimum absolute atomic E-state index is 0.105. The third kappa shape index (κ3) is 2.87. The van der Waals surface area contributed by atoms with E-state index in [1.54, 1.807) is 26.0 Å². The molecular weight excluding hydrogens is 256 g/mol. The molecule has 5 heteroatoms. The average molecular weight is 274 g/mol. The number of ketones is 1. The van der Waals surface area contributed by atoms with Crippen LogP contribution in [0, 0.1) is 5.92 Å². The van der Waals surface area contributed by atoms with Crippen molar-refractivity contribution in [2.45, 2.75) is 25.8 Å². The van der Waals surface area contributed by atoms with Crippen molar-refractivity contribution in [1.29, 1.82) is 0 Å². The molecular formula is C15H18N2O3. The van der Waals surface area contributed by atoms with E-state index in [-0.39, 0.29) is 18.5 Å². The van der Waals surface area contributed by atoms with Gasteiger partial charge < -0.3 is 10.6 Å². The maximum Gasteiger partial charge on any atom is 0.287 e. The highest BCUT2D eigenvalue weighted by Gasteiger charge is 2.42. The van der Waals surface area contributed by atoms with Gasteiger partial charge in [0.1, 0.15) is 0 Å². The van der Waals surface area contributed by atoms with E-state index in [2.05, 4.69) is 10.6 Å². The molecule has 1 fully saturated rings. The second-order valence-electron chi connectivity index (χ2n) is 5.23. The summed E-state index contributed by atoms with van der Waals surface area (Å²) >= 11 is 0. The minimum Gasteiger partial charge on any atom is -0.355 e. The molecule has 1 aliphatic heterocycles. The van der Waals surface area contributed by atoms with Crippen LogP contribution in [0.3, 0.4) is 0 Å². The summed E-state index contributed by atoms with van der Waals surface area (Å²) in [4.78, 5) is 36.0. The Balaban J connectivity index is 2.20. The molecule has 1 saturated heterocycles. The van der Waals surface area contributed by atoms with Crippen LogP contribution in [0.5, 0.6) is 0 Å². The first kappa shape index (κ1) is 14.2. The van der Waals surface area contributed by atoms with E-state index < -0.39 is 23.5 Å². The molecule has 0 bridgehead atoms. The van der Waals surface area contributed by atoms with Crippen molar-refractivity contribution in [3.05, 3.63) is 35.9 Å². The van der Waals surface area contributed by atoms with E-state index in [1.807, 2.05) is 18.2 Å². The predicted molar refractivity (Wildman–Crippen MR) is 74.0 cm³/mol. The number of Topliss-reactive ketones (excluding diaryl/α,β-unsaturated/α-hetero) is 1. The summed E-state index contributed by atoms with van der Waals surface area (Å²) in [5, 5.41) is 5.25. The van der Waals surface area contributed by atoms with Crippen LogP contribution in [0.1, 0.15) is 25.3 Å². The predicted octanol–water partition coefficient (Wildman–Crippen LogP) is 0.610. The summed E-state index contributed by atoms with van der Waals surface area (Å²) in [7, 11) is 0. The molecule has 2 atom stereocenters. The van der Waals surface area contributed by atoms with Crippen LogP contribution in [0.2, 0.25) is 0 Å². The molecule has 0 radical (unpaired) electrons. The topological polar surface area (TPSA) is 75.3 Å². The molecule has 1 aliphatic rings. The van der Waals surface area contributed by atoms with Gasteiger partial charge in [0.2, 0.25) is 11.7 Å². The number of rotatable bonds is 4. The first-order valence-electron chi connectivity index (χ1n) is 6.68. The molecule has 2 amide bonds. The summed E-state index contributed by atoms with van der Waals surface area (Å²) in [5.41, 5.74) is 0.762. The highest BCUT2D eigenvalue weighted by atomic mass is 16.2. The zero-order valence-corrected chi connectivity index (χ0v) is 11.6. The van der Waals surface area contributed by atoms with Gasteiger partial charge in [0.15, 0.2) is 0 Å². The summed E-state index contributed by atoms with van der Waals surface area (Å²) < 4.78 is 0. The number of carbonyl (C=O) groups excluding carboxylic acids is 3. The Bertz CT molecular complexity index is 525. The third-order valence-corrected chi connectivity index (χ3v) is 3.32. The van der Waals surface area contributed by atoms with E-state index in [4.69, 9.17) is 0 Å². The maximum atomic E-state index is 12.2. The standard InChI is InChI=1S/C15H18N2O3/c1-9(2)17-15(20)13(18)11-8-16-14(19)12(11)10-6-4-3-5-7-10/h3-7,9,11-12H,8H2,1-2H3,(H,16,19)(H,17,20)/t11-,12+/m0/s1. The van der Waals surface area contributed by atoms with E-state index in [0.29, 0.717) is 0 Å². The average Bonchev–Trinajstić information content (AvgIpc) is 2.80. The number of hydrogen-bond acceptors (Lipinski definition) is 3. The Kier molecular flexibility index (Phi) is 4.17. The Hall–Kier alpha value is -2.17.